The third-order valence-electron chi connectivity index (χ3n) is 2.91. The summed E-state index contributed by atoms with van der Waals surface area (Å²) in [5, 5.41) is 2.20. The molecule has 0 spiro atoms. The summed E-state index contributed by atoms with van der Waals surface area (Å²) in [5.74, 6) is 1.18. The molecular formula is C13H25NS. The Morgan fingerprint density at radius 2 is 1.67 bits per heavy atom. The van der Waals surface area contributed by atoms with E-state index in [0.717, 1.165) is 0 Å². The first-order valence-electron chi connectivity index (χ1n) is 6.46. The van der Waals surface area contributed by atoms with Gasteiger partial charge in [0.15, 0.2) is 0 Å². The lowest BCUT2D eigenvalue weighted by Gasteiger charge is -2.13. The molecule has 2 heteroatoms. The Labute approximate surface area is 99.3 Å². The molecule has 0 atom stereocenters. The third-order valence-corrected chi connectivity index (χ3v) is 3.70. The summed E-state index contributed by atoms with van der Waals surface area (Å²) >= 11 is 1.90. The van der Waals surface area contributed by atoms with E-state index in [-0.39, 0.29) is 0 Å². The zero-order chi connectivity index (χ0) is 10.8. The minimum Gasteiger partial charge on any atom is -0.367 e. The van der Waals surface area contributed by atoms with Crippen LogP contribution in [-0.4, -0.2) is 17.3 Å². The molecule has 0 saturated heterocycles. The summed E-state index contributed by atoms with van der Waals surface area (Å²) < 4.78 is 0. The van der Waals surface area contributed by atoms with Crippen LogP contribution in [0.4, 0.5) is 0 Å². The number of unbranched alkanes of at least 4 members (excludes halogenated alkanes) is 7. The van der Waals surface area contributed by atoms with Gasteiger partial charge in [0.05, 0.1) is 5.88 Å². The number of rotatable bonds is 9. The Morgan fingerprint density at radius 3 is 2.27 bits per heavy atom. The summed E-state index contributed by atoms with van der Waals surface area (Å²) in [4.78, 5) is 2.42. The van der Waals surface area contributed by atoms with Crippen LogP contribution in [0.2, 0.25) is 0 Å². The second-order valence-corrected chi connectivity index (χ2v) is 5.23. The van der Waals surface area contributed by atoms with E-state index < -0.39 is 0 Å². The quantitative estimate of drug-likeness (QED) is 0.529. The molecule has 0 unspecified atom stereocenters. The Hall–Kier alpha value is -0.110. The highest BCUT2D eigenvalue weighted by Crippen LogP contribution is 2.16. The molecule has 0 amide bonds. The van der Waals surface area contributed by atoms with Crippen LogP contribution in [0.1, 0.15) is 58.3 Å². The van der Waals surface area contributed by atoms with Crippen LogP contribution in [0.15, 0.2) is 11.6 Å². The summed E-state index contributed by atoms with van der Waals surface area (Å²) in [6.45, 7) is 3.54. The normalized spacial score (nSPS) is 15.1. The first-order valence-corrected chi connectivity index (χ1v) is 7.50. The summed E-state index contributed by atoms with van der Waals surface area (Å²) in [7, 11) is 0. The van der Waals surface area contributed by atoms with Gasteiger partial charge in [-0.2, -0.15) is 0 Å². The molecule has 0 N–H and O–H groups in total. The number of thioether (sulfide) groups is 1. The maximum absolute atomic E-state index is 2.42. The van der Waals surface area contributed by atoms with E-state index in [0.29, 0.717) is 0 Å². The van der Waals surface area contributed by atoms with Gasteiger partial charge in [-0.25, -0.2) is 0 Å². The standard InChI is InChI=1S/C13H25NS/c1-2-3-4-5-6-7-8-9-10-14-11-12-15-13-14/h11-12H,2-10,13H2,1H3. The number of nitrogens with zero attached hydrogens (tertiary/aromatic N) is 1. The Kier molecular flexibility index (Phi) is 7.90. The van der Waals surface area contributed by atoms with Gasteiger partial charge in [0.1, 0.15) is 0 Å². The first kappa shape index (κ1) is 13.0. The SMILES string of the molecule is CCCCCCCCCCN1C=CSC1. The molecule has 0 aromatic rings. The van der Waals surface area contributed by atoms with E-state index in [1.165, 1.54) is 63.8 Å². The van der Waals surface area contributed by atoms with Gasteiger partial charge >= 0.3 is 0 Å². The minimum atomic E-state index is 1.18. The molecule has 1 nitrogen and oxygen atoms in total. The zero-order valence-electron chi connectivity index (χ0n) is 10.1. The van der Waals surface area contributed by atoms with Crippen molar-refractivity contribution in [1.29, 1.82) is 0 Å². The van der Waals surface area contributed by atoms with E-state index in [4.69, 9.17) is 0 Å². The smallest absolute Gasteiger partial charge is 0.0675 e. The third kappa shape index (κ3) is 6.88. The lowest BCUT2D eigenvalue weighted by molar-refractivity contribution is 0.420. The van der Waals surface area contributed by atoms with Gasteiger partial charge < -0.3 is 4.90 Å². The van der Waals surface area contributed by atoms with Crippen molar-refractivity contribution in [2.24, 2.45) is 0 Å². The lowest BCUT2D eigenvalue weighted by Crippen LogP contribution is -2.14. The van der Waals surface area contributed by atoms with Crippen molar-refractivity contribution in [1.82, 2.24) is 4.90 Å². The minimum absolute atomic E-state index is 1.18. The molecule has 0 aromatic carbocycles. The van der Waals surface area contributed by atoms with Gasteiger partial charge in [-0.1, -0.05) is 51.9 Å². The van der Waals surface area contributed by atoms with Gasteiger partial charge in [0.25, 0.3) is 0 Å². The van der Waals surface area contributed by atoms with Gasteiger partial charge in [-0.15, -0.1) is 11.8 Å². The van der Waals surface area contributed by atoms with Crippen LogP contribution >= 0.6 is 11.8 Å². The van der Waals surface area contributed by atoms with E-state index in [2.05, 4.69) is 23.4 Å². The molecule has 0 radical (unpaired) electrons. The van der Waals surface area contributed by atoms with Gasteiger partial charge in [-0.05, 0) is 11.8 Å². The van der Waals surface area contributed by atoms with Crippen LogP contribution in [0.25, 0.3) is 0 Å². The van der Waals surface area contributed by atoms with Gasteiger partial charge in [-0.3, -0.25) is 0 Å². The van der Waals surface area contributed by atoms with Crippen molar-refractivity contribution < 1.29 is 0 Å². The molecular weight excluding hydrogens is 202 g/mol. The van der Waals surface area contributed by atoms with Crippen molar-refractivity contribution in [3.05, 3.63) is 11.6 Å². The molecule has 1 aliphatic rings. The van der Waals surface area contributed by atoms with E-state index in [1.54, 1.807) is 0 Å². The summed E-state index contributed by atoms with van der Waals surface area (Å²) in [6.07, 6.45) is 13.6. The van der Waals surface area contributed by atoms with Gasteiger partial charge in [0.2, 0.25) is 0 Å². The fraction of sp³-hybridized carbons (Fsp3) is 0.846. The molecule has 0 fully saturated rings. The van der Waals surface area contributed by atoms with Crippen molar-refractivity contribution in [3.63, 3.8) is 0 Å². The predicted octanol–water partition coefficient (Wildman–Crippen LogP) is 4.60. The van der Waals surface area contributed by atoms with Gasteiger partial charge in [0, 0.05) is 12.7 Å². The molecule has 1 rings (SSSR count). The van der Waals surface area contributed by atoms with Crippen molar-refractivity contribution in [3.8, 4) is 0 Å². The monoisotopic (exact) mass is 227 g/mol. The first-order chi connectivity index (χ1) is 7.43. The second-order valence-electron chi connectivity index (χ2n) is 4.37. The van der Waals surface area contributed by atoms with Crippen molar-refractivity contribution >= 4 is 11.8 Å². The average Bonchev–Trinajstić information content (AvgIpc) is 2.75. The molecule has 1 aliphatic heterocycles. The summed E-state index contributed by atoms with van der Waals surface area (Å²) in [5.41, 5.74) is 0. The van der Waals surface area contributed by atoms with E-state index in [9.17, 15) is 0 Å². The van der Waals surface area contributed by atoms with Crippen molar-refractivity contribution in [2.75, 3.05) is 12.4 Å². The topological polar surface area (TPSA) is 3.24 Å². The van der Waals surface area contributed by atoms with Crippen LogP contribution in [0, 0.1) is 0 Å². The molecule has 0 saturated carbocycles. The highest BCUT2D eigenvalue weighted by Gasteiger charge is 2.02. The van der Waals surface area contributed by atoms with E-state index in [1.807, 2.05) is 11.8 Å². The number of hydrogen-bond acceptors (Lipinski definition) is 2. The molecule has 0 bridgehead atoms. The Morgan fingerprint density at radius 1 is 1.00 bits per heavy atom. The van der Waals surface area contributed by atoms with Crippen LogP contribution in [0.5, 0.6) is 0 Å². The molecule has 15 heavy (non-hydrogen) atoms. The van der Waals surface area contributed by atoms with Crippen LogP contribution in [0.3, 0.4) is 0 Å². The highest BCUT2D eigenvalue weighted by molar-refractivity contribution is 8.02. The summed E-state index contributed by atoms with van der Waals surface area (Å²) in [6, 6.07) is 0. The maximum atomic E-state index is 2.42. The fourth-order valence-corrected chi connectivity index (χ4v) is 2.65. The van der Waals surface area contributed by atoms with Crippen LogP contribution < -0.4 is 0 Å². The predicted molar refractivity (Wildman–Crippen MR) is 70.9 cm³/mol. The Balaban J connectivity index is 1.75. The maximum Gasteiger partial charge on any atom is 0.0675 e. The molecule has 88 valence electrons. The average molecular weight is 227 g/mol. The van der Waals surface area contributed by atoms with Crippen LogP contribution in [-0.2, 0) is 0 Å². The lowest BCUT2D eigenvalue weighted by atomic mass is 10.1. The fourth-order valence-electron chi connectivity index (χ4n) is 1.90. The zero-order valence-corrected chi connectivity index (χ0v) is 10.9. The molecule has 1 heterocycles. The molecule has 0 aromatic heterocycles. The Bertz CT molecular complexity index is 168. The van der Waals surface area contributed by atoms with Crippen molar-refractivity contribution in [2.45, 2.75) is 58.3 Å². The molecule has 0 aliphatic carbocycles. The number of hydrogen-bond donors (Lipinski definition) is 0. The second kappa shape index (κ2) is 9.14. The highest BCUT2D eigenvalue weighted by atomic mass is 32.2. The van der Waals surface area contributed by atoms with E-state index >= 15 is 0 Å². The largest absolute Gasteiger partial charge is 0.367 e.